The summed E-state index contributed by atoms with van der Waals surface area (Å²) in [6, 6.07) is 17.2. The highest BCUT2D eigenvalue weighted by Crippen LogP contribution is 2.23. The minimum Gasteiger partial charge on any atom is -0.452 e. The van der Waals surface area contributed by atoms with Gasteiger partial charge in [0.1, 0.15) is 12.5 Å². The van der Waals surface area contributed by atoms with Gasteiger partial charge >= 0.3 is 0 Å². The molecule has 0 atom stereocenters. The van der Waals surface area contributed by atoms with Crippen LogP contribution in [0.25, 0.3) is 0 Å². The number of carbonyl (C=O) groups is 2. The van der Waals surface area contributed by atoms with E-state index in [2.05, 4.69) is 52.6 Å². The molecule has 2 heterocycles. The fourth-order valence-corrected chi connectivity index (χ4v) is 5.28. The number of piperazine rings is 1. The van der Waals surface area contributed by atoms with Crippen molar-refractivity contribution in [1.29, 1.82) is 0 Å². The van der Waals surface area contributed by atoms with Crippen LogP contribution in [0.4, 0.5) is 4.39 Å². The molecule has 2 saturated heterocycles. The van der Waals surface area contributed by atoms with Crippen molar-refractivity contribution in [1.82, 2.24) is 14.7 Å². The number of amides is 1. The summed E-state index contributed by atoms with van der Waals surface area (Å²) in [7, 11) is 0. The number of hydrogen-bond donors (Lipinski definition) is 0. The first kappa shape index (κ1) is 38.3. The third-order valence-corrected chi connectivity index (χ3v) is 7.79. The van der Waals surface area contributed by atoms with Crippen molar-refractivity contribution < 1.29 is 18.7 Å². The number of benzene rings is 2. The second-order valence-electron chi connectivity index (χ2n) is 11.1. The zero-order valence-electron chi connectivity index (χ0n) is 27.6. The molecule has 0 unspecified atom stereocenters. The molecule has 7 heteroatoms. The Morgan fingerprint density at radius 2 is 1.30 bits per heavy atom. The van der Waals surface area contributed by atoms with Crippen molar-refractivity contribution in [2.24, 2.45) is 0 Å². The first-order chi connectivity index (χ1) is 20.9. The van der Waals surface area contributed by atoms with Crippen LogP contribution in [0.15, 0.2) is 54.6 Å². The normalized spacial score (nSPS) is 17.2. The molecular weight excluding hydrogens is 541 g/mol. The van der Waals surface area contributed by atoms with Crippen LogP contribution in [0.1, 0.15) is 89.7 Å². The zero-order chi connectivity index (χ0) is 31.7. The van der Waals surface area contributed by atoms with Gasteiger partial charge in [0.15, 0.2) is 0 Å². The number of piperidine rings is 1. The minimum absolute atomic E-state index is 0.178. The third-order valence-electron chi connectivity index (χ3n) is 7.79. The van der Waals surface area contributed by atoms with E-state index in [-0.39, 0.29) is 5.82 Å². The minimum atomic E-state index is -0.178. The molecule has 1 aliphatic carbocycles. The van der Waals surface area contributed by atoms with Gasteiger partial charge in [0.05, 0.1) is 0 Å². The standard InChI is InChI=1S/C13H24N2O.C8H10.C7H13NO2.C6H5F.C2H6/c1-2-13(16)15-10-8-14(9-11-15)12-6-4-3-5-7-12;1-7-3-5-8(2)6-4-7;9-7-10-6-8-4-2-1-3-5-8;7-6-4-2-1-3-5-6;1-2/h12H,2-11H2,1H3;3-6H,1-2H3;7H,1-6H2;1-5H;1-2H3. The number of rotatable bonds is 5. The highest BCUT2D eigenvalue weighted by Gasteiger charge is 2.26. The van der Waals surface area contributed by atoms with Crippen LogP contribution in [-0.2, 0) is 14.3 Å². The number of likely N-dealkylation sites (tertiary alicyclic amines) is 1. The van der Waals surface area contributed by atoms with E-state index >= 15 is 0 Å². The highest BCUT2D eigenvalue weighted by atomic mass is 19.1. The van der Waals surface area contributed by atoms with Crippen LogP contribution in [0.5, 0.6) is 0 Å². The summed E-state index contributed by atoms with van der Waals surface area (Å²) in [6.07, 6.45) is 11.4. The Labute approximate surface area is 261 Å². The summed E-state index contributed by atoms with van der Waals surface area (Å²) >= 11 is 0. The Morgan fingerprint density at radius 3 is 1.74 bits per heavy atom. The molecule has 0 radical (unpaired) electrons. The lowest BCUT2D eigenvalue weighted by molar-refractivity contribution is -0.134. The number of halogens is 1. The van der Waals surface area contributed by atoms with E-state index in [9.17, 15) is 14.0 Å². The Kier molecular flexibility index (Phi) is 21.9. The number of aryl methyl sites for hydroxylation is 2. The van der Waals surface area contributed by atoms with Crippen molar-refractivity contribution in [3.05, 3.63) is 71.5 Å². The van der Waals surface area contributed by atoms with E-state index in [0.717, 1.165) is 45.3 Å². The van der Waals surface area contributed by atoms with Crippen molar-refractivity contribution in [3.8, 4) is 0 Å². The maximum Gasteiger partial charge on any atom is 0.294 e. The molecule has 0 bridgehead atoms. The molecule has 0 spiro atoms. The Balaban J connectivity index is 0.000000297. The summed E-state index contributed by atoms with van der Waals surface area (Å²) in [5.74, 6) is 0.144. The smallest absolute Gasteiger partial charge is 0.294 e. The Morgan fingerprint density at radius 1 is 0.791 bits per heavy atom. The summed E-state index contributed by atoms with van der Waals surface area (Å²) in [4.78, 5) is 28.1. The van der Waals surface area contributed by atoms with E-state index in [1.165, 1.54) is 74.6 Å². The predicted molar refractivity (Wildman–Crippen MR) is 176 cm³/mol. The van der Waals surface area contributed by atoms with E-state index in [0.29, 0.717) is 25.5 Å². The van der Waals surface area contributed by atoms with Crippen molar-refractivity contribution in [3.63, 3.8) is 0 Å². The van der Waals surface area contributed by atoms with Gasteiger partial charge < -0.3 is 9.64 Å². The molecular formula is C36H58FN3O3. The lowest BCUT2D eigenvalue weighted by atomic mass is 9.94. The maximum atomic E-state index is 11.9. The quantitative estimate of drug-likeness (QED) is 0.331. The van der Waals surface area contributed by atoms with Gasteiger partial charge in [-0.3, -0.25) is 19.4 Å². The Bertz CT molecular complexity index is 917. The van der Waals surface area contributed by atoms with Crippen molar-refractivity contribution >= 4 is 12.4 Å². The van der Waals surface area contributed by atoms with E-state index in [1.54, 1.807) is 18.2 Å². The van der Waals surface area contributed by atoms with Crippen LogP contribution in [0, 0.1) is 19.7 Å². The monoisotopic (exact) mass is 599 g/mol. The molecule has 3 fully saturated rings. The molecule has 0 N–H and O–H groups in total. The first-order valence-corrected chi connectivity index (χ1v) is 16.5. The summed E-state index contributed by atoms with van der Waals surface area (Å²) in [5, 5.41) is 0. The van der Waals surface area contributed by atoms with Gasteiger partial charge in [-0.15, -0.1) is 0 Å². The Hall–Kier alpha value is -2.77. The number of ether oxygens (including phenoxy) is 1. The summed E-state index contributed by atoms with van der Waals surface area (Å²) in [5.41, 5.74) is 2.66. The van der Waals surface area contributed by atoms with E-state index in [4.69, 9.17) is 0 Å². The largest absolute Gasteiger partial charge is 0.452 e. The molecule has 3 aliphatic rings. The fourth-order valence-electron chi connectivity index (χ4n) is 5.28. The molecule has 2 aromatic carbocycles. The molecule has 5 rings (SSSR count). The molecule has 0 aromatic heterocycles. The van der Waals surface area contributed by atoms with Gasteiger partial charge in [-0.25, -0.2) is 4.39 Å². The third kappa shape index (κ3) is 17.8. The van der Waals surface area contributed by atoms with E-state index in [1.807, 2.05) is 25.7 Å². The van der Waals surface area contributed by atoms with Crippen LogP contribution in [0.3, 0.4) is 0 Å². The van der Waals surface area contributed by atoms with Gasteiger partial charge in [-0.1, -0.05) is 100 Å². The SMILES string of the molecule is CC.CCC(=O)N1CCN(C2CCCCC2)CC1.Cc1ccc(C)cc1.Fc1ccccc1.O=COCN1CCCCC1. The summed E-state index contributed by atoms with van der Waals surface area (Å²) < 4.78 is 16.5. The van der Waals surface area contributed by atoms with Crippen molar-refractivity contribution in [2.45, 2.75) is 98.4 Å². The average molecular weight is 600 g/mol. The second-order valence-corrected chi connectivity index (χ2v) is 11.1. The van der Waals surface area contributed by atoms with Crippen LogP contribution < -0.4 is 0 Å². The van der Waals surface area contributed by atoms with Crippen LogP contribution in [-0.4, -0.2) is 79.1 Å². The topological polar surface area (TPSA) is 53.1 Å². The lowest BCUT2D eigenvalue weighted by Crippen LogP contribution is -2.52. The average Bonchev–Trinajstić information content (AvgIpc) is 3.08. The number of hydrogen-bond acceptors (Lipinski definition) is 5. The molecule has 1 saturated carbocycles. The van der Waals surface area contributed by atoms with Gasteiger partial charge in [0.25, 0.3) is 6.47 Å². The second kappa shape index (κ2) is 24.6. The molecule has 2 aromatic rings. The molecule has 2 aliphatic heterocycles. The molecule has 6 nitrogen and oxygen atoms in total. The molecule has 242 valence electrons. The number of carbonyl (C=O) groups excluding carboxylic acids is 2. The van der Waals surface area contributed by atoms with Gasteiger partial charge in [-0.05, 0) is 51.7 Å². The van der Waals surface area contributed by atoms with Crippen LogP contribution >= 0.6 is 0 Å². The van der Waals surface area contributed by atoms with Gasteiger partial charge in [0.2, 0.25) is 5.91 Å². The maximum absolute atomic E-state index is 11.9. The van der Waals surface area contributed by atoms with Gasteiger partial charge in [0, 0.05) is 51.7 Å². The molecule has 43 heavy (non-hydrogen) atoms. The zero-order valence-corrected chi connectivity index (χ0v) is 27.6. The predicted octanol–water partition coefficient (Wildman–Crippen LogP) is 7.63. The van der Waals surface area contributed by atoms with Crippen LogP contribution in [0.2, 0.25) is 0 Å². The first-order valence-electron chi connectivity index (χ1n) is 16.5. The highest BCUT2D eigenvalue weighted by molar-refractivity contribution is 5.75. The lowest BCUT2D eigenvalue weighted by Gasteiger charge is -2.40. The van der Waals surface area contributed by atoms with Gasteiger partial charge in [-0.2, -0.15) is 0 Å². The van der Waals surface area contributed by atoms with E-state index < -0.39 is 0 Å². The number of nitrogens with zero attached hydrogens (tertiary/aromatic N) is 3. The molecule has 1 amide bonds. The fraction of sp³-hybridized carbons (Fsp3) is 0.611. The summed E-state index contributed by atoms with van der Waals surface area (Å²) in [6.45, 7) is 17.4. The van der Waals surface area contributed by atoms with Crippen molar-refractivity contribution in [2.75, 3.05) is 46.0 Å².